The number of nitrogens with zero attached hydrogens (tertiary/aromatic N) is 3. The van der Waals surface area contributed by atoms with Crippen LogP contribution in [0.15, 0.2) is 24.5 Å². The van der Waals surface area contributed by atoms with Gasteiger partial charge in [0.05, 0.1) is 5.25 Å². The van der Waals surface area contributed by atoms with E-state index in [4.69, 9.17) is 0 Å². The van der Waals surface area contributed by atoms with Gasteiger partial charge in [-0.2, -0.15) is 13.2 Å². The first kappa shape index (κ1) is 22.3. The van der Waals surface area contributed by atoms with Crippen LogP contribution in [0.1, 0.15) is 55.0 Å². The van der Waals surface area contributed by atoms with Crippen LogP contribution in [0.3, 0.4) is 0 Å². The van der Waals surface area contributed by atoms with Crippen molar-refractivity contribution in [3.63, 3.8) is 0 Å². The maximum atomic E-state index is 15.2. The summed E-state index contributed by atoms with van der Waals surface area (Å²) in [6, 6.07) is 2.47. The molecule has 11 heteroatoms. The molecular formula is C22H22F4N4O2S. The number of rotatable bonds is 6. The number of fused-ring (bicyclic) bond motifs is 1. The Kier molecular flexibility index (Phi) is 5.24. The van der Waals surface area contributed by atoms with Crippen LogP contribution in [-0.2, 0) is 22.7 Å². The Bertz CT molecular complexity index is 1340. The lowest BCUT2D eigenvalue weighted by molar-refractivity contribution is -0.140. The van der Waals surface area contributed by atoms with E-state index >= 15 is 4.39 Å². The summed E-state index contributed by atoms with van der Waals surface area (Å²) in [5.41, 5.74) is -0.709. The summed E-state index contributed by atoms with van der Waals surface area (Å²) < 4.78 is 84.9. The van der Waals surface area contributed by atoms with Gasteiger partial charge in [-0.15, -0.1) is 0 Å². The average molecular weight is 483 g/mol. The second-order valence-electron chi connectivity index (χ2n) is 8.81. The lowest BCUT2D eigenvalue weighted by Gasteiger charge is -2.27. The number of hydrogen-bond donors (Lipinski definition) is 1. The van der Waals surface area contributed by atoms with Gasteiger partial charge in [-0.25, -0.2) is 22.5 Å². The van der Waals surface area contributed by atoms with Crippen molar-refractivity contribution in [2.24, 2.45) is 0 Å². The number of halogens is 4. The molecule has 176 valence electrons. The zero-order valence-electron chi connectivity index (χ0n) is 17.8. The smallest absolute Gasteiger partial charge is 0.329 e. The van der Waals surface area contributed by atoms with Crippen LogP contribution in [-0.4, -0.2) is 28.2 Å². The van der Waals surface area contributed by atoms with Gasteiger partial charge in [-0.1, -0.05) is 0 Å². The number of alkyl halides is 3. The highest BCUT2D eigenvalue weighted by molar-refractivity contribution is 7.90. The lowest BCUT2D eigenvalue weighted by atomic mass is 9.93. The van der Waals surface area contributed by atoms with Gasteiger partial charge < -0.3 is 4.57 Å². The molecule has 2 saturated carbocycles. The van der Waals surface area contributed by atoms with Crippen LogP contribution >= 0.6 is 0 Å². The zero-order chi connectivity index (χ0) is 23.5. The molecule has 0 saturated heterocycles. The molecule has 2 aliphatic carbocycles. The third-order valence-electron chi connectivity index (χ3n) is 6.28. The molecule has 1 N–H and O–H groups in total. The van der Waals surface area contributed by atoms with Crippen molar-refractivity contribution in [1.82, 2.24) is 19.3 Å². The van der Waals surface area contributed by atoms with Crippen LogP contribution in [0.5, 0.6) is 0 Å². The molecule has 0 spiro atoms. The highest BCUT2D eigenvalue weighted by Crippen LogP contribution is 2.40. The average Bonchev–Trinajstić information content (AvgIpc) is 3.49. The Morgan fingerprint density at radius 2 is 1.91 bits per heavy atom. The SMILES string of the molecule is Cc1cnc(C(F)(F)F)c(-c2nc3c(cc2F)c(CNS(=O)(=O)C2CC2)cn3C2CCC2)c1. The molecule has 6 nitrogen and oxygen atoms in total. The molecule has 5 rings (SSSR count). The van der Waals surface area contributed by atoms with Crippen molar-refractivity contribution in [2.45, 2.75) is 63.0 Å². The number of sulfonamides is 1. The second-order valence-corrected chi connectivity index (χ2v) is 10.9. The van der Waals surface area contributed by atoms with Gasteiger partial charge in [0.25, 0.3) is 0 Å². The zero-order valence-corrected chi connectivity index (χ0v) is 18.6. The summed E-state index contributed by atoms with van der Waals surface area (Å²) in [5, 5.41) is -0.00984. The van der Waals surface area contributed by atoms with Gasteiger partial charge in [0.2, 0.25) is 10.0 Å². The highest BCUT2D eigenvalue weighted by Gasteiger charge is 2.38. The largest absolute Gasteiger partial charge is 0.434 e. The Hall–Kier alpha value is -2.53. The molecule has 2 aliphatic rings. The summed E-state index contributed by atoms with van der Waals surface area (Å²) in [6.07, 6.45) is 2.02. The van der Waals surface area contributed by atoms with E-state index in [2.05, 4.69) is 14.7 Å². The third kappa shape index (κ3) is 4.12. The molecule has 0 radical (unpaired) electrons. The fourth-order valence-electron chi connectivity index (χ4n) is 4.13. The van der Waals surface area contributed by atoms with Crippen molar-refractivity contribution >= 4 is 21.1 Å². The molecule has 33 heavy (non-hydrogen) atoms. The normalized spacial score (nSPS) is 17.5. The van der Waals surface area contributed by atoms with E-state index < -0.39 is 44.2 Å². The molecule has 3 aromatic rings. The molecule has 0 unspecified atom stereocenters. The van der Waals surface area contributed by atoms with Gasteiger partial charge in [-0.05, 0) is 62.3 Å². The lowest BCUT2D eigenvalue weighted by Crippen LogP contribution is -2.26. The van der Waals surface area contributed by atoms with Gasteiger partial charge >= 0.3 is 6.18 Å². The standard InChI is InChI=1S/C22H22F4N4O2S/c1-12-7-17(20(27-9-12)22(24,25)26)19-18(23)8-16-13(10-28-33(31,32)15-5-6-15)11-30(21(16)29-19)14-3-2-4-14/h7-9,11,14-15,28H,2-6,10H2,1H3. The second kappa shape index (κ2) is 7.76. The maximum absolute atomic E-state index is 15.2. The monoisotopic (exact) mass is 482 g/mol. The molecule has 2 fully saturated rings. The Labute approximate surface area is 188 Å². The molecule has 0 aromatic carbocycles. The van der Waals surface area contributed by atoms with E-state index in [1.54, 1.807) is 13.1 Å². The van der Waals surface area contributed by atoms with Gasteiger partial charge in [-0.3, -0.25) is 4.98 Å². The van der Waals surface area contributed by atoms with Gasteiger partial charge in [0.15, 0.2) is 5.69 Å². The minimum atomic E-state index is -4.77. The van der Waals surface area contributed by atoms with Crippen molar-refractivity contribution in [2.75, 3.05) is 0 Å². The number of hydrogen-bond acceptors (Lipinski definition) is 4. The molecule has 3 heterocycles. The molecular weight excluding hydrogens is 460 g/mol. The summed E-state index contributed by atoms with van der Waals surface area (Å²) >= 11 is 0. The van der Waals surface area contributed by atoms with E-state index in [0.717, 1.165) is 31.5 Å². The van der Waals surface area contributed by atoms with Crippen LogP contribution in [0.25, 0.3) is 22.3 Å². The van der Waals surface area contributed by atoms with Crippen molar-refractivity contribution in [1.29, 1.82) is 0 Å². The van der Waals surface area contributed by atoms with Crippen molar-refractivity contribution in [3.8, 4) is 11.3 Å². The van der Waals surface area contributed by atoms with Crippen LogP contribution < -0.4 is 4.72 Å². The Balaban J connectivity index is 1.63. The van der Waals surface area contributed by atoms with Crippen LogP contribution in [0.2, 0.25) is 0 Å². The summed E-state index contributed by atoms with van der Waals surface area (Å²) in [4.78, 5) is 7.85. The molecule has 0 atom stereocenters. The minimum Gasteiger partial charge on any atom is -0.329 e. The maximum Gasteiger partial charge on any atom is 0.434 e. The van der Waals surface area contributed by atoms with E-state index in [9.17, 15) is 21.6 Å². The van der Waals surface area contributed by atoms with Crippen LogP contribution in [0.4, 0.5) is 17.6 Å². The fourth-order valence-corrected chi connectivity index (χ4v) is 5.48. The predicted molar refractivity (Wildman–Crippen MR) is 114 cm³/mol. The first-order valence-electron chi connectivity index (χ1n) is 10.8. The number of nitrogens with one attached hydrogen (secondary N) is 1. The van der Waals surface area contributed by atoms with Crippen molar-refractivity contribution in [3.05, 3.63) is 47.2 Å². The Morgan fingerprint density at radius 1 is 1.18 bits per heavy atom. The molecule has 0 amide bonds. The van der Waals surface area contributed by atoms with E-state index in [1.807, 2.05) is 4.57 Å². The quantitative estimate of drug-likeness (QED) is 0.509. The van der Waals surface area contributed by atoms with Gasteiger partial charge in [0, 0.05) is 35.9 Å². The molecule has 0 aliphatic heterocycles. The summed E-state index contributed by atoms with van der Waals surface area (Å²) in [5.74, 6) is -0.918. The first-order valence-corrected chi connectivity index (χ1v) is 12.3. The topological polar surface area (TPSA) is 76.9 Å². The van der Waals surface area contributed by atoms with E-state index in [1.165, 1.54) is 6.07 Å². The fraction of sp³-hybridized carbons (Fsp3) is 0.455. The minimum absolute atomic E-state index is 0.0324. The number of aryl methyl sites for hydroxylation is 1. The number of pyridine rings is 2. The van der Waals surface area contributed by atoms with Crippen molar-refractivity contribution < 1.29 is 26.0 Å². The predicted octanol–water partition coefficient (Wildman–Crippen LogP) is 4.87. The summed E-state index contributed by atoms with van der Waals surface area (Å²) in [6.45, 7) is 1.55. The first-order chi connectivity index (χ1) is 15.5. The number of aromatic nitrogens is 3. The van der Waals surface area contributed by atoms with Crippen LogP contribution in [0, 0.1) is 12.7 Å². The highest BCUT2D eigenvalue weighted by atomic mass is 32.2. The van der Waals surface area contributed by atoms with E-state index in [0.29, 0.717) is 35.0 Å². The third-order valence-corrected chi connectivity index (χ3v) is 8.18. The van der Waals surface area contributed by atoms with Gasteiger partial charge in [0.1, 0.15) is 17.2 Å². The summed E-state index contributed by atoms with van der Waals surface area (Å²) in [7, 11) is -3.45. The molecule has 3 aromatic heterocycles. The Morgan fingerprint density at radius 3 is 2.52 bits per heavy atom. The van der Waals surface area contributed by atoms with E-state index in [-0.39, 0.29) is 12.6 Å². The molecule has 0 bridgehead atoms.